The number of carbonyl (C=O) groups is 2. The van der Waals surface area contributed by atoms with E-state index in [0.717, 1.165) is 6.07 Å². The van der Waals surface area contributed by atoms with Crippen LogP contribution in [-0.4, -0.2) is 28.1 Å². The first-order valence-electron chi connectivity index (χ1n) is 6.59. The van der Waals surface area contributed by atoms with Crippen LogP contribution in [0.2, 0.25) is 5.02 Å². The molecule has 0 saturated carbocycles. The molecule has 5 nitrogen and oxygen atoms in total. The number of aromatic nitrogens is 2. The largest absolute Gasteiger partial charge is 0.461 e. The molecule has 1 aromatic heterocycles. The van der Waals surface area contributed by atoms with Crippen molar-refractivity contribution >= 4 is 23.4 Å². The van der Waals surface area contributed by atoms with Crippen LogP contribution in [0.25, 0.3) is 5.69 Å². The third kappa shape index (κ3) is 2.87. The van der Waals surface area contributed by atoms with Gasteiger partial charge in [0.05, 0.1) is 28.6 Å². The minimum atomic E-state index is -0.687. The Morgan fingerprint density at radius 2 is 2.09 bits per heavy atom. The molecule has 0 N–H and O–H groups in total. The average molecular weight is 325 g/mol. The van der Waals surface area contributed by atoms with E-state index in [9.17, 15) is 14.0 Å². The lowest BCUT2D eigenvalue weighted by Gasteiger charge is -2.06. The molecule has 0 bridgehead atoms. The van der Waals surface area contributed by atoms with Gasteiger partial charge in [-0.05, 0) is 39.0 Å². The van der Waals surface area contributed by atoms with Gasteiger partial charge in [-0.3, -0.25) is 4.79 Å². The fourth-order valence-corrected chi connectivity index (χ4v) is 2.40. The Hall–Kier alpha value is -2.21. The molecular formula is C15H14ClFN2O3. The van der Waals surface area contributed by atoms with E-state index in [1.54, 1.807) is 13.8 Å². The zero-order valence-corrected chi connectivity index (χ0v) is 13.1. The van der Waals surface area contributed by atoms with Gasteiger partial charge in [-0.2, -0.15) is 5.10 Å². The van der Waals surface area contributed by atoms with Gasteiger partial charge < -0.3 is 4.74 Å². The Morgan fingerprint density at radius 1 is 1.41 bits per heavy atom. The molecule has 0 radical (unpaired) electrons. The first-order valence-corrected chi connectivity index (χ1v) is 6.97. The van der Waals surface area contributed by atoms with Crippen molar-refractivity contribution in [3.63, 3.8) is 0 Å². The smallest absolute Gasteiger partial charge is 0.359 e. The average Bonchev–Trinajstić information content (AvgIpc) is 2.77. The maximum absolute atomic E-state index is 13.2. The second-order valence-corrected chi connectivity index (χ2v) is 5.00. The van der Waals surface area contributed by atoms with E-state index in [1.165, 1.54) is 23.7 Å². The van der Waals surface area contributed by atoms with Gasteiger partial charge in [-0.15, -0.1) is 0 Å². The van der Waals surface area contributed by atoms with Crippen LogP contribution < -0.4 is 0 Å². The topological polar surface area (TPSA) is 61.2 Å². The molecular weight excluding hydrogens is 311 g/mol. The summed E-state index contributed by atoms with van der Waals surface area (Å²) in [5.74, 6) is -1.49. The second kappa shape index (κ2) is 6.27. The number of ether oxygens (including phenoxy) is 1. The van der Waals surface area contributed by atoms with E-state index in [2.05, 4.69) is 5.10 Å². The third-order valence-electron chi connectivity index (χ3n) is 3.08. The van der Waals surface area contributed by atoms with Gasteiger partial charge in [0.2, 0.25) is 0 Å². The van der Waals surface area contributed by atoms with Gasteiger partial charge in [0.1, 0.15) is 5.82 Å². The predicted octanol–water partition coefficient (Wildman–Crippen LogP) is 3.35. The number of nitrogens with zero attached hydrogens (tertiary/aromatic N) is 2. The SMILES string of the molecule is CCOC(=O)c1nn(-c2ccc(F)cc2Cl)c(C)c1C(C)=O. The molecule has 116 valence electrons. The molecule has 0 aliphatic carbocycles. The zero-order valence-electron chi connectivity index (χ0n) is 12.3. The lowest BCUT2D eigenvalue weighted by Crippen LogP contribution is -2.10. The van der Waals surface area contributed by atoms with Crippen molar-refractivity contribution < 1.29 is 18.7 Å². The minimum Gasteiger partial charge on any atom is -0.461 e. The Labute approximate surface area is 131 Å². The fourth-order valence-electron chi connectivity index (χ4n) is 2.15. The minimum absolute atomic E-state index is 0.0766. The van der Waals surface area contributed by atoms with Crippen molar-refractivity contribution in [1.29, 1.82) is 0 Å². The highest BCUT2D eigenvalue weighted by atomic mass is 35.5. The van der Waals surface area contributed by atoms with Crippen molar-refractivity contribution in [2.24, 2.45) is 0 Å². The van der Waals surface area contributed by atoms with E-state index >= 15 is 0 Å². The lowest BCUT2D eigenvalue weighted by atomic mass is 10.1. The summed E-state index contributed by atoms with van der Waals surface area (Å²) >= 11 is 6.02. The van der Waals surface area contributed by atoms with E-state index in [-0.39, 0.29) is 28.7 Å². The number of rotatable bonds is 4. The first kappa shape index (κ1) is 16.2. The molecule has 0 fully saturated rings. The number of carbonyl (C=O) groups excluding carboxylic acids is 2. The van der Waals surface area contributed by atoms with Crippen molar-refractivity contribution in [2.45, 2.75) is 20.8 Å². The van der Waals surface area contributed by atoms with Gasteiger partial charge in [0.25, 0.3) is 0 Å². The fraction of sp³-hybridized carbons (Fsp3) is 0.267. The molecule has 0 spiro atoms. The number of esters is 1. The summed E-state index contributed by atoms with van der Waals surface area (Å²) in [5, 5.41) is 4.25. The molecule has 0 atom stereocenters. The van der Waals surface area contributed by atoms with Crippen LogP contribution in [0.4, 0.5) is 4.39 Å². The van der Waals surface area contributed by atoms with Crippen molar-refractivity contribution in [3.05, 3.63) is 46.0 Å². The molecule has 0 unspecified atom stereocenters. The van der Waals surface area contributed by atoms with Crippen LogP contribution in [0.5, 0.6) is 0 Å². The molecule has 0 aliphatic heterocycles. The molecule has 1 heterocycles. The summed E-state index contributed by atoms with van der Waals surface area (Å²) in [5.41, 5.74) is 0.897. The Kier molecular flexibility index (Phi) is 4.61. The van der Waals surface area contributed by atoms with Gasteiger partial charge in [0.15, 0.2) is 11.5 Å². The highest BCUT2D eigenvalue weighted by molar-refractivity contribution is 6.32. The summed E-state index contributed by atoms with van der Waals surface area (Å²) in [6.07, 6.45) is 0. The van der Waals surface area contributed by atoms with E-state index in [1.807, 2.05) is 0 Å². The van der Waals surface area contributed by atoms with Gasteiger partial charge in [-0.1, -0.05) is 11.6 Å². The lowest BCUT2D eigenvalue weighted by molar-refractivity contribution is 0.0516. The van der Waals surface area contributed by atoms with Gasteiger partial charge in [-0.25, -0.2) is 13.9 Å². The predicted molar refractivity (Wildman–Crippen MR) is 79.2 cm³/mol. The van der Waals surface area contributed by atoms with Crippen LogP contribution in [0.3, 0.4) is 0 Å². The summed E-state index contributed by atoms with van der Waals surface area (Å²) in [6, 6.07) is 3.78. The Bertz CT molecular complexity index is 755. The van der Waals surface area contributed by atoms with E-state index in [0.29, 0.717) is 11.4 Å². The molecule has 1 aromatic carbocycles. The van der Waals surface area contributed by atoms with Crippen LogP contribution in [0.15, 0.2) is 18.2 Å². The Morgan fingerprint density at radius 3 is 2.64 bits per heavy atom. The molecule has 0 amide bonds. The molecule has 22 heavy (non-hydrogen) atoms. The van der Waals surface area contributed by atoms with Gasteiger partial charge >= 0.3 is 5.97 Å². The third-order valence-corrected chi connectivity index (χ3v) is 3.38. The number of ketones is 1. The summed E-state index contributed by atoms with van der Waals surface area (Å²) in [7, 11) is 0. The molecule has 0 saturated heterocycles. The maximum atomic E-state index is 13.2. The van der Waals surface area contributed by atoms with Crippen LogP contribution >= 0.6 is 11.6 Å². The summed E-state index contributed by atoms with van der Waals surface area (Å²) in [4.78, 5) is 23.8. The zero-order chi connectivity index (χ0) is 16.4. The van der Waals surface area contributed by atoms with Crippen molar-refractivity contribution in [3.8, 4) is 5.69 Å². The summed E-state index contributed by atoms with van der Waals surface area (Å²) < 4.78 is 19.4. The molecule has 0 aliphatic rings. The van der Waals surface area contributed by atoms with E-state index in [4.69, 9.17) is 16.3 Å². The molecule has 7 heteroatoms. The van der Waals surface area contributed by atoms with Gasteiger partial charge in [0, 0.05) is 0 Å². The highest BCUT2D eigenvalue weighted by Crippen LogP contribution is 2.25. The molecule has 2 aromatic rings. The Balaban J connectivity index is 2.65. The van der Waals surface area contributed by atoms with Crippen molar-refractivity contribution in [1.82, 2.24) is 9.78 Å². The number of hydrogen-bond donors (Lipinski definition) is 0. The van der Waals surface area contributed by atoms with Crippen LogP contribution in [0.1, 0.15) is 40.4 Å². The highest BCUT2D eigenvalue weighted by Gasteiger charge is 2.25. The second-order valence-electron chi connectivity index (χ2n) is 4.59. The standard InChI is InChI=1S/C15H14ClFN2O3/c1-4-22-15(21)14-13(9(3)20)8(2)19(18-14)12-6-5-10(17)7-11(12)16/h5-7H,4H2,1-3H3. The normalized spacial score (nSPS) is 10.6. The monoisotopic (exact) mass is 324 g/mol. The number of hydrogen-bond acceptors (Lipinski definition) is 4. The number of benzene rings is 1. The van der Waals surface area contributed by atoms with Crippen LogP contribution in [0, 0.1) is 12.7 Å². The first-order chi connectivity index (χ1) is 10.4. The summed E-state index contributed by atoms with van der Waals surface area (Å²) in [6.45, 7) is 4.79. The van der Waals surface area contributed by atoms with E-state index < -0.39 is 11.8 Å². The quantitative estimate of drug-likeness (QED) is 0.639. The molecule has 2 rings (SSSR count). The van der Waals surface area contributed by atoms with Crippen LogP contribution in [-0.2, 0) is 4.74 Å². The van der Waals surface area contributed by atoms with Crippen molar-refractivity contribution in [2.75, 3.05) is 6.61 Å². The maximum Gasteiger partial charge on any atom is 0.359 e. The number of Topliss-reactive ketones (excluding diaryl/α,β-unsaturated/α-hetero) is 1. The number of halogens is 2.